The van der Waals surface area contributed by atoms with Crippen LogP contribution in [0.2, 0.25) is 0 Å². The van der Waals surface area contributed by atoms with Gasteiger partial charge in [-0.25, -0.2) is 0 Å². The zero-order valence-electron chi connectivity index (χ0n) is 20.9. The van der Waals surface area contributed by atoms with Crippen molar-refractivity contribution in [2.45, 2.75) is 62.8 Å². The number of hydrogen-bond acceptors (Lipinski definition) is 7. The summed E-state index contributed by atoms with van der Waals surface area (Å²) < 4.78 is 44.2. The molecule has 10 heteroatoms. The number of nitrogens with zero attached hydrogens (tertiary/aromatic N) is 4. The predicted molar refractivity (Wildman–Crippen MR) is 130 cm³/mol. The second-order valence-electron chi connectivity index (χ2n) is 10.9. The van der Waals surface area contributed by atoms with Crippen molar-refractivity contribution in [3.8, 4) is 11.4 Å². The van der Waals surface area contributed by atoms with Gasteiger partial charge in [-0.05, 0) is 49.9 Å². The number of aliphatic hydroxyl groups is 2. The third-order valence-corrected chi connectivity index (χ3v) is 7.79. The molecule has 1 aromatic carbocycles. The van der Waals surface area contributed by atoms with E-state index in [1.807, 2.05) is 14.0 Å². The highest BCUT2D eigenvalue weighted by Crippen LogP contribution is 2.50. The minimum Gasteiger partial charge on any atom is -0.393 e. The molecule has 0 spiro atoms. The summed E-state index contributed by atoms with van der Waals surface area (Å²) in [5.41, 5.74) is -0.383. The predicted octanol–water partition coefficient (Wildman–Crippen LogP) is 4.44. The van der Waals surface area contributed by atoms with E-state index in [4.69, 9.17) is 4.52 Å². The molecule has 1 saturated heterocycles. The molecule has 1 saturated carbocycles. The summed E-state index contributed by atoms with van der Waals surface area (Å²) in [6.07, 6.45) is 0.510. The molecule has 3 aromatic rings. The van der Waals surface area contributed by atoms with Crippen LogP contribution in [0.5, 0.6) is 0 Å². The maximum Gasteiger partial charge on any atom is 0.393 e. The average Bonchev–Trinajstić information content (AvgIpc) is 3.33. The van der Waals surface area contributed by atoms with Crippen LogP contribution in [0, 0.1) is 5.41 Å². The molecule has 0 radical (unpaired) electrons. The number of benzene rings is 1. The minimum absolute atomic E-state index is 0.0948. The molecule has 0 amide bonds. The van der Waals surface area contributed by atoms with Gasteiger partial charge in [0.25, 0.3) is 0 Å². The van der Waals surface area contributed by atoms with Crippen molar-refractivity contribution in [2.75, 3.05) is 20.1 Å². The molecule has 2 N–H and O–H groups in total. The number of aliphatic hydroxyl groups excluding tert-OH is 1. The van der Waals surface area contributed by atoms with Gasteiger partial charge in [0.15, 0.2) is 0 Å². The Hall–Kier alpha value is -2.82. The summed E-state index contributed by atoms with van der Waals surface area (Å²) in [5, 5.41) is 26.2. The third kappa shape index (κ3) is 5.02. The van der Waals surface area contributed by atoms with Crippen LogP contribution in [0.4, 0.5) is 13.2 Å². The summed E-state index contributed by atoms with van der Waals surface area (Å²) in [4.78, 5) is 11.0. The molecule has 2 aliphatic rings. The van der Waals surface area contributed by atoms with Gasteiger partial charge in [-0.15, -0.1) is 0 Å². The van der Waals surface area contributed by atoms with Gasteiger partial charge >= 0.3 is 6.18 Å². The van der Waals surface area contributed by atoms with Crippen LogP contribution in [-0.4, -0.2) is 62.7 Å². The van der Waals surface area contributed by atoms with E-state index in [0.717, 1.165) is 12.8 Å². The van der Waals surface area contributed by atoms with Gasteiger partial charge in [-0.3, -0.25) is 4.98 Å². The Morgan fingerprint density at radius 2 is 1.73 bits per heavy atom. The largest absolute Gasteiger partial charge is 0.393 e. The summed E-state index contributed by atoms with van der Waals surface area (Å²) in [5.74, 6) is 0.974. The first kappa shape index (κ1) is 25.8. The number of hydrogen-bond donors (Lipinski definition) is 2. The minimum atomic E-state index is -4.31. The van der Waals surface area contributed by atoms with Crippen molar-refractivity contribution < 1.29 is 27.9 Å². The highest BCUT2D eigenvalue weighted by molar-refractivity contribution is 5.56. The van der Waals surface area contributed by atoms with E-state index in [0.29, 0.717) is 54.3 Å². The zero-order valence-corrected chi connectivity index (χ0v) is 20.9. The second kappa shape index (κ2) is 9.49. The van der Waals surface area contributed by atoms with Gasteiger partial charge in [-0.2, -0.15) is 18.2 Å². The van der Waals surface area contributed by atoms with Gasteiger partial charge in [0, 0.05) is 47.9 Å². The average molecular weight is 517 g/mol. The van der Waals surface area contributed by atoms with Crippen molar-refractivity contribution in [1.29, 1.82) is 0 Å². The van der Waals surface area contributed by atoms with Crippen molar-refractivity contribution in [2.24, 2.45) is 5.41 Å². The molecule has 7 nitrogen and oxygen atoms in total. The van der Waals surface area contributed by atoms with Crippen molar-refractivity contribution in [1.82, 2.24) is 20.0 Å². The van der Waals surface area contributed by atoms with E-state index in [-0.39, 0.29) is 17.6 Å². The summed E-state index contributed by atoms with van der Waals surface area (Å²) >= 11 is 0. The van der Waals surface area contributed by atoms with Gasteiger partial charge in [0.1, 0.15) is 5.60 Å². The molecule has 1 unspecified atom stereocenters. The fraction of sp³-hybridized carbons (Fsp3) is 0.519. The van der Waals surface area contributed by atoms with Gasteiger partial charge in [0.2, 0.25) is 11.7 Å². The van der Waals surface area contributed by atoms with E-state index in [2.05, 4.69) is 20.0 Å². The standard InChI is InChI=1S/C27H31F3N4O3/c1-25(15-34(2)16-25)27(36,20-7-3-17(4-8-20)12-26(28,29)30)21-11-19(13-31-14-21)23-32-24(37-33-23)18-5-9-22(35)10-6-18/h3-4,7-8,11,13-14,18,22,35-36H,5-6,9-10,12,15-16H2,1-2H3/t18-,22-,27?. The number of pyridine rings is 1. The first-order chi connectivity index (χ1) is 17.5. The lowest BCUT2D eigenvalue weighted by Gasteiger charge is -2.55. The summed E-state index contributed by atoms with van der Waals surface area (Å²) in [7, 11) is 1.95. The molecular formula is C27H31F3N4O3. The van der Waals surface area contributed by atoms with E-state index in [9.17, 15) is 23.4 Å². The molecule has 1 aliphatic carbocycles. The molecule has 1 atom stereocenters. The van der Waals surface area contributed by atoms with E-state index >= 15 is 0 Å². The van der Waals surface area contributed by atoms with Gasteiger partial charge in [-0.1, -0.05) is 36.3 Å². The van der Waals surface area contributed by atoms with Crippen LogP contribution in [0.15, 0.2) is 47.2 Å². The fourth-order valence-corrected chi connectivity index (χ4v) is 5.93. The first-order valence-corrected chi connectivity index (χ1v) is 12.5. The normalized spacial score (nSPS) is 23.9. The SMILES string of the molecule is CN1CC(C)(C(O)(c2ccc(CC(F)(F)F)cc2)c2cncc(-c3noc([C@H]4CC[C@H](O)CC4)n3)c2)C1. The Labute approximate surface area is 213 Å². The highest BCUT2D eigenvalue weighted by atomic mass is 19.4. The number of rotatable bonds is 6. The van der Waals surface area contributed by atoms with Crippen LogP contribution in [-0.2, 0) is 12.0 Å². The Morgan fingerprint density at radius 1 is 1.05 bits per heavy atom. The second-order valence-corrected chi connectivity index (χ2v) is 10.9. The Bertz CT molecular complexity index is 1230. The third-order valence-electron chi connectivity index (χ3n) is 7.79. The first-order valence-electron chi connectivity index (χ1n) is 12.5. The number of likely N-dealkylation sites (tertiary alicyclic amines) is 1. The number of alkyl halides is 3. The van der Waals surface area contributed by atoms with Crippen LogP contribution in [0.3, 0.4) is 0 Å². The highest BCUT2D eigenvalue weighted by Gasteiger charge is 2.55. The fourth-order valence-electron chi connectivity index (χ4n) is 5.93. The molecule has 2 aromatic heterocycles. The summed E-state index contributed by atoms with van der Waals surface area (Å²) in [6, 6.07) is 7.76. The topological polar surface area (TPSA) is 95.5 Å². The Morgan fingerprint density at radius 3 is 2.35 bits per heavy atom. The van der Waals surface area contributed by atoms with Crippen molar-refractivity contribution in [3.05, 3.63) is 65.3 Å². The number of aromatic nitrogens is 3. The molecule has 3 heterocycles. The molecule has 1 aliphatic heterocycles. The smallest absolute Gasteiger partial charge is 0.393 e. The quantitative estimate of drug-likeness (QED) is 0.500. The van der Waals surface area contributed by atoms with Crippen molar-refractivity contribution in [3.63, 3.8) is 0 Å². The Kier molecular flexibility index (Phi) is 6.62. The van der Waals surface area contributed by atoms with Crippen LogP contribution >= 0.6 is 0 Å². The van der Waals surface area contributed by atoms with Gasteiger partial charge in [0.05, 0.1) is 12.5 Å². The van der Waals surface area contributed by atoms with E-state index in [1.54, 1.807) is 30.6 Å². The Balaban J connectivity index is 1.48. The maximum absolute atomic E-state index is 12.9. The van der Waals surface area contributed by atoms with Crippen LogP contribution in [0.1, 0.15) is 61.1 Å². The van der Waals surface area contributed by atoms with E-state index < -0.39 is 23.6 Å². The van der Waals surface area contributed by atoms with Crippen molar-refractivity contribution >= 4 is 0 Å². The molecule has 5 rings (SSSR count). The lowest BCUT2D eigenvalue weighted by Crippen LogP contribution is -2.63. The zero-order chi connectivity index (χ0) is 26.4. The lowest BCUT2D eigenvalue weighted by atomic mass is 9.62. The monoisotopic (exact) mass is 516 g/mol. The van der Waals surface area contributed by atoms with Crippen LogP contribution < -0.4 is 0 Å². The summed E-state index contributed by atoms with van der Waals surface area (Å²) in [6.45, 7) is 3.16. The molecular weight excluding hydrogens is 485 g/mol. The lowest BCUT2D eigenvalue weighted by molar-refractivity contribution is -0.128. The van der Waals surface area contributed by atoms with E-state index in [1.165, 1.54) is 12.1 Å². The maximum atomic E-state index is 12.9. The molecule has 37 heavy (non-hydrogen) atoms. The molecule has 0 bridgehead atoms. The number of halogens is 3. The van der Waals surface area contributed by atoms with Crippen LogP contribution in [0.25, 0.3) is 11.4 Å². The van der Waals surface area contributed by atoms with Gasteiger partial charge < -0.3 is 19.6 Å². The molecule has 198 valence electrons. The molecule has 2 fully saturated rings.